The molecular weight excluding hydrogens is 1020 g/mol. The molecule has 2 amide bonds. The second-order valence-corrected chi connectivity index (χ2v) is 24.2. The van der Waals surface area contributed by atoms with E-state index in [9.17, 15) is 9.59 Å². The van der Waals surface area contributed by atoms with E-state index in [-0.39, 0.29) is 11.8 Å². The summed E-state index contributed by atoms with van der Waals surface area (Å²) in [6.07, 6.45) is 14.3. The predicted octanol–water partition coefficient (Wildman–Crippen LogP) is 9.55. The lowest BCUT2D eigenvalue weighted by Gasteiger charge is -2.46. The number of ether oxygens (including phenoxy) is 2. The molecule has 82 heavy (non-hydrogen) atoms. The lowest BCUT2D eigenvalue weighted by molar-refractivity contribution is 0.0758. The number of fused-ring (bicyclic) bond motifs is 8. The highest BCUT2D eigenvalue weighted by atomic mass is 16.5. The van der Waals surface area contributed by atoms with Gasteiger partial charge in [0.25, 0.3) is 11.8 Å². The van der Waals surface area contributed by atoms with Gasteiger partial charge in [-0.15, -0.1) is 0 Å². The van der Waals surface area contributed by atoms with Crippen molar-refractivity contribution in [3.63, 3.8) is 0 Å². The largest absolute Gasteiger partial charge is 0.381 e. The number of aryl methyl sites for hydroxylation is 4. The number of hydrogen-bond donors (Lipinski definition) is 2. The van der Waals surface area contributed by atoms with Gasteiger partial charge in [-0.3, -0.25) is 9.59 Å². The van der Waals surface area contributed by atoms with E-state index >= 15 is 0 Å². The molecule has 8 aromatic rings. The molecule has 4 aromatic carbocycles. The van der Waals surface area contributed by atoms with Gasteiger partial charge >= 0.3 is 0 Å². The molecule has 6 aliphatic heterocycles. The second-order valence-electron chi connectivity index (χ2n) is 24.2. The van der Waals surface area contributed by atoms with E-state index in [1.54, 1.807) is 0 Å². The van der Waals surface area contributed by atoms with E-state index in [1.807, 2.05) is 97.2 Å². The van der Waals surface area contributed by atoms with Gasteiger partial charge in [-0.1, -0.05) is 24.3 Å². The van der Waals surface area contributed by atoms with Crippen LogP contribution >= 0.6 is 0 Å². The number of H-pyrrole nitrogens is 2. The van der Waals surface area contributed by atoms with E-state index in [1.165, 1.54) is 46.5 Å². The molecule has 4 atom stereocenters. The molecule has 16 nitrogen and oxygen atoms in total. The van der Waals surface area contributed by atoms with Crippen molar-refractivity contribution in [3.8, 4) is 44.8 Å². The van der Waals surface area contributed by atoms with E-state index < -0.39 is 0 Å². The van der Waals surface area contributed by atoms with Crippen molar-refractivity contribution in [3.05, 3.63) is 131 Å². The summed E-state index contributed by atoms with van der Waals surface area (Å²) in [7, 11) is 8.20. The second kappa shape index (κ2) is 22.7. The van der Waals surface area contributed by atoms with Crippen molar-refractivity contribution in [2.75, 3.05) is 117 Å². The van der Waals surface area contributed by atoms with Crippen LogP contribution in [0.1, 0.15) is 68.7 Å². The number of carbonyl (C=O) groups excluding carboxylic acids is 2. The van der Waals surface area contributed by atoms with Crippen LogP contribution in [-0.2, 0) is 22.3 Å². The van der Waals surface area contributed by atoms with E-state index in [4.69, 9.17) is 29.4 Å². The summed E-state index contributed by atoms with van der Waals surface area (Å²) in [6.45, 7) is 15.6. The zero-order valence-electron chi connectivity index (χ0n) is 48.4. The highest BCUT2D eigenvalue weighted by Crippen LogP contribution is 2.41. The molecule has 14 rings (SSSR count). The highest BCUT2D eigenvalue weighted by molar-refractivity contribution is 5.97. The lowest BCUT2D eigenvalue weighted by atomic mass is 9.89. The molecule has 0 unspecified atom stereocenters. The molecule has 0 saturated carbocycles. The summed E-state index contributed by atoms with van der Waals surface area (Å²) in [6, 6.07) is 26.1. The van der Waals surface area contributed by atoms with Crippen LogP contribution in [-0.4, -0.2) is 180 Å². The minimum Gasteiger partial charge on any atom is -0.381 e. The Morgan fingerprint density at radius 2 is 1.00 bits per heavy atom. The van der Waals surface area contributed by atoms with Crippen molar-refractivity contribution in [1.29, 1.82) is 0 Å². The van der Waals surface area contributed by atoms with Gasteiger partial charge in [0.15, 0.2) is 11.3 Å². The number of carbonyl (C=O) groups is 2. The van der Waals surface area contributed by atoms with Crippen LogP contribution in [0.15, 0.2) is 97.6 Å². The maximum Gasteiger partial charge on any atom is 0.253 e. The Bertz CT molecular complexity index is 3420. The third-order valence-corrected chi connectivity index (χ3v) is 18.2. The first kappa shape index (κ1) is 53.8. The number of aromatic amines is 2. The fraction of sp³-hybridized carbons (Fsp3) is 0.424. The van der Waals surface area contributed by atoms with Crippen molar-refractivity contribution in [1.82, 2.24) is 49.5 Å². The Morgan fingerprint density at radius 1 is 0.573 bits per heavy atom. The summed E-state index contributed by atoms with van der Waals surface area (Å²) in [5, 5.41) is 0. The smallest absolute Gasteiger partial charge is 0.253 e. The zero-order valence-corrected chi connectivity index (χ0v) is 48.4. The number of anilines is 2. The van der Waals surface area contributed by atoms with Crippen LogP contribution in [0.2, 0.25) is 0 Å². The first-order chi connectivity index (χ1) is 39.9. The van der Waals surface area contributed by atoms with Crippen molar-refractivity contribution >= 4 is 45.5 Å². The molecule has 4 fully saturated rings. The summed E-state index contributed by atoms with van der Waals surface area (Å²) in [5.41, 5.74) is 20.9. The summed E-state index contributed by atoms with van der Waals surface area (Å²) in [4.78, 5) is 66.1. The van der Waals surface area contributed by atoms with Gasteiger partial charge in [-0.05, 0) is 148 Å². The molecule has 2 N–H and O–H groups in total. The Hall–Kier alpha value is -7.50. The van der Waals surface area contributed by atoms with Gasteiger partial charge in [-0.2, -0.15) is 0 Å². The van der Waals surface area contributed by atoms with Crippen LogP contribution in [0, 0.1) is 25.7 Å². The molecule has 0 radical (unpaired) electrons. The summed E-state index contributed by atoms with van der Waals surface area (Å²) < 4.78 is 10.9. The van der Waals surface area contributed by atoms with Crippen LogP contribution in [0.25, 0.3) is 67.1 Å². The van der Waals surface area contributed by atoms with Crippen molar-refractivity contribution in [2.24, 2.45) is 11.8 Å². The van der Waals surface area contributed by atoms with Gasteiger partial charge in [-0.25, -0.2) is 19.9 Å². The number of likely N-dealkylation sites (N-methyl/N-ethyl adjacent to an activating group) is 2. The average Bonchev–Trinajstić information content (AvgIpc) is 4.36. The van der Waals surface area contributed by atoms with Gasteiger partial charge in [0.1, 0.15) is 11.0 Å². The molecule has 424 valence electrons. The fourth-order valence-corrected chi connectivity index (χ4v) is 13.9. The summed E-state index contributed by atoms with van der Waals surface area (Å²) in [5.74, 6) is 0.917. The topological polar surface area (TPSA) is 155 Å². The fourth-order valence-electron chi connectivity index (χ4n) is 13.9. The molecule has 10 heterocycles. The zero-order chi connectivity index (χ0) is 56.2. The van der Waals surface area contributed by atoms with Crippen molar-refractivity contribution < 1.29 is 19.1 Å². The first-order valence-corrected chi connectivity index (χ1v) is 29.6. The standard InChI is InChI=1S/2C33H38N6O2/c2*1-21-14-26(15-25-8-9-27-19-37(2)11-12-39(27)31(21)25)29-17-35-32-30(36-29)28(16-34-32)23-4-6-24(7-5-23)33(40)38(3)18-22-10-13-41-20-22/h2*4-7,14-17,22,27H,8-13,18-20H2,1-3H3,(H,34,35)/t22-,27+;22-,27-/m00/s1. The van der Waals surface area contributed by atoms with Gasteiger partial charge < -0.3 is 48.8 Å². The Kier molecular flexibility index (Phi) is 14.9. The predicted molar refractivity (Wildman–Crippen MR) is 325 cm³/mol. The molecule has 16 heteroatoms. The molecule has 4 saturated heterocycles. The van der Waals surface area contributed by atoms with E-state index in [0.29, 0.717) is 35.0 Å². The molecule has 4 aromatic heterocycles. The van der Waals surface area contributed by atoms with E-state index in [0.717, 1.165) is 172 Å². The van der Waals surface area contributed by atoms with Crippen molar-refractivity contribution in [2.45, 2.75) is 64.5 Å². The van der Waals surface area contributed by atoms with Crippen LogP contribution in [0.3, 0.4) is 0 Å². The number of benzene rings is 4. The Morgan fingerprint density at radius 3 is 1.40 bits per heavy atom. The number of rotatable bonds is 10. The van der Waals surface area contributed by atoms with E-state index in [2.05, 4.69) is 81.8 Å². The number of nitrogens with zero attached hydrogens (tertiary/aromatic N) is 10. The minimum absolute atomic E-state index is 0.0372. The van der Waals surface area contributed by atoms with Gasteiger partial charge in [0.05, 0.1) is 37.0 Å². The average molecular weight is 1100 g/mol. The quantitative estimate of drug-likeness (QED) is 0.134. The lowest BCUT2D eigenvalue weighted by Crippen LogP contribution is -2.54. The number of hydrogen-bond acceptors (Lipinski definition) is 12. The number of amides is 2. The maximum atomic E-state index is 13.0. The molecule has 0 spiro atoms. The van der Waals surface area contributed by atoms with Gasteiger partial charge in [0.2, 0.25) is 0 Å². The number of nitrogens with one attached hydrogen (secondary N) is 2. The monoisotopic (exact) mass is 1100 g/mol. The normalized spacial score (nSPS) is 20.7. The third-order valence-electron chi connectivity index (χ3n) is 18.2. The Labute approximate surface area is 480 Å². The number of piperazine rings is 2. The molecule has 0 bridgehead atoms. The molecule has 0 aliphatic carbocycles. The highest BCUT2D eigenvalue weighted by Gasteiger charge is 2.34. The Balaban J connectivity index is 0.000000154. The third kappa shape index (κ3) is 10.7. The SMILES string of the molecule is Cc1cc(-c2cnc3[nH]cc(-c4ccc(C(=O)N(C)C[C@@H]5CCOC5)cc4)c3n2)cc2c1N1CCN(C)C[C@@H]1CC2.Cc1cc(-c2cnc3[nH]cc(-c4ccc(C(=O)N(C)C[C@@H]5CCOC5)cc4)c3n2)cc2c1N1CCN(C)C[C@H]1CC2. The first-order valence-electron chi connectivity index (χ1n) is 29.6. The number of aromatic nitrogens is 6. The van der Waals surface area contributed by atoms with Crippen LogP contribution in [0.4, 0.5) is 11.4 Å². The van der Waals surface area contributed by atoms with Crippen LogP contribution in [0.5, 0.6) is 0 Å². The summed E-state index contributed by atoms with van der Waals surface area (Å²) >= 11 is 0. The molecule has 6 aliphatic rings. The molecular formula is C66H76N12O4. The minimum atomic E-state index is 0.0372. The maximum absolute atomic E-state index is 13.0. The van der Waals surface area contributed by atoms with Gasteiger partial charge in [0, 0.05) is 161 Å². The van der Waals surface area contributed by atoms with Crippen LogP contribution < -0.4 is 9.80 Å².